The van der Waals surface area contributed by atoms with E-state index in [2.05, 4.69) is 19.6 Å². The molecular formula is C15H24OS. The summed E-state index contributed by atoms with van der Waals surface area (Å²) in [6.45, 7) is 2.24. The molecule has 17 heavy (non-hydrogen) atoms. The molecule has 0 spiro atoms. The van der Waals surface area contributed by atoms with E-state index in [1.165, 1.54) is 38.5 Å². The highest BCUT2D eigenvalue weighted by Crippen LogP contribution is 2.32. The average Bonchev–Trinajstić information content (AvgIpc) is 2.34. The molecule has 1 aromatic carbocycles. The lowest BCUT2D eigenvalue weighted by atomic mass is 10.0. The van der Waals surface area contributed by atoms with E-state index in [9.17, 15) is 5.11 Å². The Morgan fingerprint density at radius 3 is 2.41 bits per heavy atom. The number of rotatable bonds is 8. The quantitative estimate of drug-likeness (QED) is 0.486. The first-order chi connectivity index (χ1) is 8.25. The van der Waals surface area contributed by atoms with Crippen LogP contribution in [0.4, 0.5) is 0 Å². The predicted octanol–water partition coefficient (Wildman–Crippen LogP) is 5.11. The lowest BCUT2D eigenvalue weighted by Crippen LogP contribution is -1.91. The second kappa shape index (κ2) is 8.46. The Morgan fingerprint density at radius 2 is 1.71 bits per heavy atom. The molecule has 0 fully saturated rings. The number of hydrogen-bond donors (Lipinski definition) is 2. The van der Waals surface area contributed by atoms with Gasteiger partial charge in [-0.05, 0) is 12.5 Å². The summed E-state index contributed by atoms with van der Waals surface area (Å²) < 4.78 is 0. The zero-order valence-electron chi connectivity index (χ0n) is 10.7. The van der Waals surface area contributed by atoms with Crippen molar-refractivity contribution in [3.05, 3.63) is 29.8 Å². The Balaban J connectivity index is 2.21. The Labute approximate surface area is 111 Å². The van der Waals surface area contributed by atoms with Crippen molar-refractivity contribution in [2.24, 2.45) is 0 Å². The third kappa shape index (κ3) is 5.49. The summed E-state index contributed by atoms with van der Waals surface area (Å²) in [6.07, 6.45) is 8.86. The Kier molecular flexibility index (Phi) is 7.18. The molecule has 1 unspecified atom stereocenters. The smallest absolute Gasteiger partial charge is 0.119 e. The third-order valence-corrected chi connectivity index (χ3v) is 3.66. The summed E-state index contributed by atoms with van der Waals surface area (Å²) in [6, 6.07) is 7.51. The molecule has 1 N–H and O–H groups in total. The first-order valence-electron chi connectivity index (χ1n) is 6.71. The van der Waals surface area contributed by atoms with Crippen LogP contribution >= 0.6 is 12.6 Å². The molecule has 0 saturated heterocycles. The van der Waals surface area contributed by atoms with Gasteiger partial charge in [0.1, 0.15) is 5.75 Å². The minimum absolute atomic E-state index is 0.169. The maximum absolute atomic E-state index is 9.70. The van der Waals surface area contributed by atoms with Crippen molar-refractivity contribution in [1.29, 1.82) is 0 Å². The van der Waals surface area contributed by atoms with E-state index < -0.39 is 0 Å². The van der Waals surface area contributed by atoms with Gasteiger partial charge in [-0.3, -0.25) is 0 Å². The zero-order chi connectivity index (χ0) is 12.5. The lowest BCUT2D eigenvalue weighted by molar-refractivity contribution is 0.465. The molecule has 0 aliphatic heterocycles. The minimum atomic E-state index is 0.169. The minimum Gasteiger partial charge on any atom is -0.508 e. The summed E-state index contributed by atoms with van der Waals surface area (Å²) in [4.78, 5) is 0. The molecule has 0 aromatic heterocycles. The average molecular weight is 252 g/mol. The van der Waals surface area contributed by atoms with Crippen LogP contribution in [0, 0.1) is 0 Å². The van der Waals surface area contributed by atoms with Crippen molar-refractivity contribution in [3.63, 3.8) is 0 Å². The molecule has 0 amide bonds. The van der Waals surface area contributed by atoms with E-state index in [1.807, 2.05) is 18.2 Å². The van der Waals surface area contributed by atoms with Gasteiger partial charge in [0.25, 0.3) is 0 Å². The van der Waals surface area contributed by atoms with Gasteiger partial charge < -0.3 is 5.11 Å². The van der Waals surface area contributed by atoms with Gasteiger partial charge in [-0.2, -0.15) is 12.6 Å². The molecule has 0 aliphatic rings. The Morgan fingerprint density at radius 1 is 1.06 bits per heavy atom. The lowest BCUT2D eigenvalue weighted by Gasteiger charge is -2.12. The Hall–Kier alpha value is -0.630. The second-order valence-corrected chi connectivity index (χ2v) is 5.25. The largest absolute Gasteiger partial charge is 0.508 e. The number of phenolic OH excluding ortho intramolecular Hbond substituents is 1. The number of thiol groups is 1. The van der Waals surface area contributed by atoms with Gasteiger partial charge in [-0.1, -0.05) is 63.6 Å². The summed E-state index contributed by atoms with van der Waals surface area (Å²) in [5.41, 5.74) is 0.962. The third-order valence-electron chi connectivity index (χ3n) is 3.13. The van der Waals surface area contributed by atoms with Crippen LogP contribution in [0.3, 0.4) is 0 Å². The van der Waals surface area contributed by atoms with Gasteiger partial charge in [-0.15, -0.1) is 0 Å². The second-order valence-electron chi connectivity index (χ2n) is 4.63. The van der Waals surface area contributed by atoms with Crippen molar-refractivity contribution in [2.45, 2.75) is 57.1 Å². The molecule has 1 atom stereocenters. The number of hydrogen-bond acceptors (Lipinski definition) is 2. The number of benzene rings is 1. The molecule has 0 heterocycles. The summed E-state index contributed by atoms with van der Waals surface area (Å²) in [5.74, 6) is 0.374. The standard InChI is InChI=1S/C15H24OS/c1-2-3-4-5-6-7-12-15(17)13-10-8-9-11-14(13)16/h8-11,15-17H,2-7,12H2,1H3. The summed E-state index contributed by atoms with van der Waals surface area (Å²) in [5, 5.41) is 9.87. The van der Waals surface area contributed by atoms with Crippen molar-refractivity contribution >= 4 is 12.6 Å². The van der Waals surface area contributed by atoms with Crippen LogP contribution in [0.1, 0.15) is 62.7 Å². The fourth-order valence-electron chi connectivity index (χ4n) is 2.04. The van der Waals surface area contributed by atoms with E-state index in [1.54, 1.807) is 6.07 Å². The maximum atomic E-state index is 9.70. The SMILES string of the molecule is CCCCCCCCC(S)c1ccccc1O. The molecule has 1 aromatic rings. The fraction of sp³-hybridized carbons (Fsp3) is 0.600. The first kappa shape index (κ1) is 14.4. The van der Waals surface area contributed by atoms with Crippen LogP contribution in [0.5, 0.6) is 5.75 Å². The first-order valence-corrected chi connectivity index (χ1v) is 7.23. The van der Waals surface area contributed by atoms with E-state index in [4.69, 9.17) is 0 Å². The van der Waals surface area contributed by atoms with Crippen LogP contribution in [0.25, 0.3) is 0 Å². The molecule has 2 heteroatoms. The van der Waals surface area contributed by atoms with E-state index in [0.29, 0.717) is 5.75 Å². The summed E-state index contributed by atoms with van der Waals surface area (Å²) in [7, 11) is 0. The van der Waals surface area contributed by atoms with Crippen molar-refractivity contribution in [3.8, 4) is 5.75 Å². The zero-order valence-corrected chi connectivity index (χ0v) is 11.6. The van der Waals surface area contributed by atoms with Crippen LogP contribution < -0.4 is 0 Å². The monoisotopic (exact) mass is 252 g/mol. The normalized spacial score (nSPS) is 12.6. The van der Waals surface area contributed by atoms with Crippen LogP contribution in [0.2, 0.25) is 0 Å². The van der Waals surface area contributed by atoms with Crippen molar-refractivity contribution in [1.82, 2.24) is 0 Å². The molecule has 1 nitrogen and oxygen atoms in total. The van der Waals surface area contributed by atoms with Crippen molar-refractivity contribution in [2.75, 3.05) is 0 Å². The maximum Gasteiger partial charge on any atom is 0.119 e. The van der Waals surface area contributed by atoms with Crippen molar-refractivity contribution < 1.29 is 5.11 Å². The number of para-hydroxylation sites is 1. The molecule has 0 radical (unpaired) electrons. The van der Waals surface area contributed by atoms with Gasteiger partial charge in [0.2, 0.25) is 0 Å². The van der Waals surface area contributed by atoms with Gasteiger partial charge in [-0.25, -0.2) is 0 Å². The van der Waals surface area contributed by atoms with Gasteiger partial charge >= 0.3 is 0 Å². The van der Waals surface area contributed by atoms with Crippen LogP contribution in [-0.4, -0.2) is 5.11 Å². The summed E-state index contributed by atoms with van der Waals surface area (Å²) >= 11 is 4.57. The molecule has 0 bridgehead atoms. The molecule has 96 valence electrons. The van der Waals surface area contributed by atoms with E-state index in [-0.39, 0.29) is 5.25 Å². The van der Waals surface area contributed by atoms with Gasteiger partial charge in [0, 0.05) is 10.8 Å². The van der Waals surface area contributed by atoms with Crippen LogP contribution in [0.15, 0.2) is 24.3 Å². The van der Waals surface area contributed by atoms with Gasteiger partial charge in [0.05, 0.1) is 0 Å². The predicted molar refractivity (Wildman–Crippen MR) is 77.8 cm³/mol. The topological polar surface area (TPSA) is 20.2 Å². The molecular weight excluding hydrogens is 228 g/mol. The van der Waals surface area contributed by atoms with Crippen LogP contribution in [-0.2, 0) is 0 Å². The highest BCUT2D eigenvalue weighted by molar-refractivity contribution is 7.80. The van der Waals surface area contributed by atoms with Gasteiger partial charge in [0.15, 0.2) is 0 Å². The number of aromatic hydroxyl groups is 1. The number of phenols is 1. The fourth-order valence-corrected chi connectivity index (χ4v) is 2.44. The Bertz CT molecular complexity index is 312. The van der Waals surface area contributed by atoms with E-state index >= 15 is 0 Å². The highest BCUT2D eigenvalue weighted by atomic mass is 32.1. The molecule has 0 saturated carbocycles. The van der Waals surface area contributed by atoms with E-state index in [0.717, 1.165) is 12.0 Å². The molecule has 1 rings (SSSR count). The highest BCUT2D eigenvalue weighted by Gasteiger charge is 2.09. The molecule has 0 aliphatic carbocycles. The number of unbranched alkanes of at least 4 members (excludes halogenated alkanes) is 5.